The van der Waals surface area contributed by atoms with Gasteiger partial charge in [0.2, 0.25) is 0 Å². The fraction of sp³-hybridized carbons (Fsp3) is 0.793. The van der Waals surface area contributed by atoms with Crippen LogP contribution in [0, 0.1) is 22.3 Å². The summed E-state index contributed by atoms with van der Waals surface area (Å²) in [5.41, 5.74) is 0. The van der Waals surface area contributed by atoms with Crippen molar-refractivity contribution in [1.29, 1.82) is 0 Å². The molecule has 2 nitrogen and oxygen atoms in total. The van der Waals surface area contributed by atoms with Crippen molar-refractivity contribution in [3.05, 3.63) is 34.7 Å². The first-order valence-corrected chi connectivity index (χ1v) is 13.6. The fourth-order valence-corrected chi connectivity index (χ4v) is 5.34. The van der Waals surface area contributed by atoms with Crippen molar-refractivity contribution in [3.8, 4) is 0 Å². The van der Waals surface area contributed by atoms with Crippen molar-refractivity contribution >= 4 is 0 Å². The quantitative estimate of drug-likeness (QED) is 0.317. The molecule has 4 aliphatic rings. The molecule has 1 saturated heterocycles. The van der Waals surface area contributed by atoms with Gasteiger partial charge in [0, 0.05) is 0 Å². The smallest absolute Gasteiger partial charge is 0.0838 e. The first-order valence-electron chi connectivity index (χ1n) is 13.6. The Morgan fingerprint density at radius 3 is 1.74 bits per heavy atom. The molecule has 0 amide bonds. The Morgan fingerprint density at radius 1 is 0.645 bits per heavy atom. The number of rotatable bonds is 12. The zero-order valence-electron chi connectivity index (χ0n) is 20.5. The van der Waals surface area contributed by atoms with Crippen molar-refractivity contribution in [2.24, 2.45) is 11.8 Å². The highest BCUT2D eigenvalue weighted by atomic mass is 16.6. The van der Waals surface area contributed by atoms with Crippen LogP contribution < -0.4 is 0 Å². The average Bonchev–Trinajstić information content (AvgIpc) is 2.80. The van der Waals surface area contributed by atoms with Gasteiger partial charge in [-0.05, 0) is 41.5 Å². The van der Waals surface area contributed by atoms with Crippen LogP contribution in [-0.4, -0.2) is 25.4 Å². The molecule has 176 valence electrons. The van der Waals surface area contributed by atoms with Crippen LogP contribution in [0.1, 0.15) is 110 Å². The maximum absolute atomic E-state index is 6.22. The molecule has 0 aromatic rings. The lowest BCUT2D eigenvalue weighted by molar-refractivity contribution is -0.157. The molecule has 0 spiro atoms. The molecule has 31 heavy (non-hydrogen) atoms. The van der Waals surface area contributed by atoms with Gasteiger partial charge in [-0.1, -0.05) is 115 Å². The molecule has 3 aliphatic carbocycles. The van der Waals surface area contributed by atoms with Crippen molar-refractivity contribution in [1.82, 2.24) is 0 Å². The maximum Gasteiger partial charge on any atom is 0.0838 e. The topological polar surface area (TPSA) is 18.5 Å². The van der Waals surface area contributed by atoms with Gasteiger partial charge in [0.25, 0.3) is 0 Å². The molecule has 0 radical (unpaired) electrons. The third-order valence-electron chi connectivity index (χ3n) is 7.72. The predicted molar refractivity (Wildman–Crippen MR) is 131 cm³/mol. The van der Waals surface area contributed by atoms with Crippen LogP contribution in [0.3, 0.4) is 0 Å². The van der Waals surface area contributed by atoms with Gasteiger partial charge in [-0.25, -0.2) is 0 Å². The summed E-state index contributed by atoms with van der Waals surface area (Å²) in [6.45, 7) is 6.26. The highest BCUT2D eigenvalue weighted by molar-refractivity contribution is 5.22. The van der Waals surface area contributed by atoms with Gasteiger partial charge in [0.1, 0.15) is 0 Å². The van der Waals surface area contributed by atoms with Gasteiger partial charge in [-0.2, -0.15) is 0 Å². The lowest BCUT2D eigenvalue weighted by atomic mass is 9.77. The third kappa shape index (κ3) is 8.54. The second-order valence-corrected chi connectivity index (χ2v) is 10.2. The van der Waals surface area contributed by atoms with Gasteiger partial charge in [-0.3, -0.25) is 0 Å². The Labute approximate surface area is 191 Å². The third-order valence-corrected chi connectivity index (χ3v) is 7.72. The summed E-state index contributed by atoms with van der Waals surface area (Å²) < 4.78 is 12.4. The maximum atomic E-state index is 6.22. The molecule has 2 unspecified atom stereocenters. The van der Waals surface area contributed by atoms with Gasteiger partial charge in [0.05, 0.1) is 25.4 Å². The minimum atomic E-state index is 0.368. The van der Waals surface area contributed by atoms with Crippen molar-refractivity contribution in [3.63, 3.8) is 0 Å². The van der Waals surface area contributed by atoms with Crippen molar-refractivity contribution in [2.45, 2.75) is 122 Å². The first kappa shape index (κ1) is 24.8. The van der Waals surface area contributed by atoms with E-state index in [0.29, 0.717) is 12.2 Å². The van der Waals surface area contributed by atoms with Gasteiger partial charge >= 0.3 is 0 Å². The highest BCUT2D eigenvalue weighted by Crippen LogP contribution is 2.35. The van der Waals surface area contributed by atoms with Crippen LogP contribution in [0.25, 0.3) is 0 Å². The summed E-state index contributed by atoms with van der Waals surface area (Å²) in [5.74, 6) is 1.76. The Kier molecular flexibility index (Phi) is 11.4. The van der Waals surface area contributed by atoms with E-state index in [-0.39, 0.29) is 0 Å². The second kappa shape index (κ2) is 14.3. The van der Waals surface area contributed by atoms with E-state index in [9.17, 15) is 0 Å². The number of unbranched alkanes of at least 4 members (excludes halogenated alkanes) is 7. The van der Waals surface area contributed by atoms with Crippen LogP contribution in [-0.2, 0) is 9.47 Å². The van der Waals surface area contributed by atoms with Crippen LogP contribution in [0.5, 0.6) is 0 Å². The van der Waals surface area contributed by atoms with Crippen LogP contribution >= 0.6 is 0 Å². The molecular formula is C29H48O2. The largest absolute Gasteiger partial charge is 0.373 e. The molecule has 1 saturated carbocycles. The number of hydrogen-bond acceptors (Lipinski definition) is 2. The molecule has 2 heteroatoms. The number of benzene rings is 1. The lowest BCUT2D eigenvalue weighted by Crippen LogP contribution is -2.41. The van der Waals surface area contributed by atoms with Crippen molar-refractivity contribution in [2.75, 3.05) is 13.2 Å². The molecule has 2 atom stereocenters. The van der Waals surface area contributed by atoms with E-state index in [1.165, 1.54) is 107 Å². The summed E-state index contributed by atoms with van der Waals surface area (Å²) >= 11 is 0. The Hall–Kier alpha value is -0.860. The zero-order valence-corrected chi connectivity index (χ0v) is 20.5. The Balaban J connectivity index is 0.000000381. The molecule has 0 bridgehead atoms. The molecule has 1 aliphatic heterocycles. The van der Waals surface area contributed by atoms with E-state index in [1.54, 1.807) is 0 Å². The standard InChI is InChI=1S/C23H44O2.C6H4/c1-3-5-7-9-10-12-20-14-16-21(17-15-20)23-19-24-22(18-25-23)13-11-8-6-4-2;1-2-6-4-3-5(1)6/h20-23H,3-19H2,1-2H3;1-4H. The molecule has 1 heterocycles. The van der Waals surface area contributed by atoms with Crippen molar-refractivity contribution < 1.29 is 9.47 Å². The first-order chi connectivity index (χ1) is 15.3. The van der Waals surface area contributed by atoms with E-state index >= 15 is 0 Å². The van der Waals surface area contributed by atoms with Crippen LogP contribution in [0.4, 0.5) is 0 Å². The molecular weight excluding hydrogens is 380 g/mol. The Bertz CT molecular complexity index is 618. The van der Waals surface area contributed by atoms with Crippen LogP contribution in [0.2, 0.25) is 0 Å². The molecule has 4 rings (SSSR count). The lowest BCUT2D eigenvalue weighted by Gasteiger charge is -2.38. The normalized spacial score (nSPS) is 26.8. The summed E-state index contributed by atoms with van der Waals surface area (Å²) in [5, 5.41) is 2.85. The second-order valence-electron chi connectivity index (χ2n) is 10.2. The van der Waals surface area contributed by atoms with E-state index in [0.717, 1.165) is 25.0 Å². The van der Waals surface area contributed by atoms with Gasteiger partial charge in [-0.15, -0.1) is 0 Å². The minimum Gasteiger partial charge on any atom is -0.373 e. The minimum absolute atomic E-state index is 0.368. The number of ether oxygens (including phenoxy) is 2. The van der Waals surface area contributed by atoms with E-state index in [2.05, 4.69) is 38.1 Å². The molecule has 0 aromatic heterocycles. The zero-order chi connectivity index (χ0) is 21.7. The van der Waals surface area contributed by atoms with Gasteiger partial charge < -0.3 is 9.47 Å². The SMILES string of the molecule is CCCCCCCC1CCC(C2COC(CCCCCC)CO2)CC1.c1cc2ccc1=2. The summed E-state index contributed by atoms with van der Waals surface area (Å²) in [7, 11) is 0. The van der Waals surface area contributed by atoms with E-state index < -0.39 is 0 Å². The van der Waals surface area contributed by atoms with Crippen LogP contribution in [0.15, 0.2) is 24.3 Å². The van der Waals surface area contributed by atoms with E-state index in [4.69, 9.17) is 9.47 Å². The van der Waals surface area contributed by atoms with Gasteiger partial charge in [0.15, 0.2) is 0 Å². The number of hydrogen-bond donors (Lipinski definition) is 0. The fourth-order valence-electron chi connectivity index (χ4n) is 5.34. The molecule has 0 aromatic carbocycles. The predicted octanol–water partition coefficient (Wildman–Crippen LogP) is 8.19. The highest BCUT2D eigenvalue weighted by Gasteiger charge is 2.31. The summed E-state index contributed by atoms with van der Waals surface area (Å²) in [6, 6.07) is 8.48. The summed E-state index contributed by atoms with van der Waals surface area (Å²) in [6.07, 6.45) is 21.5. The molecule has 2 fully saturated rings. The van der Waals surface area contributed by atoms with E-state index in [1.807, 2.05) is 0 Å². The monoisotopic (exact) mass is 428 g/mol. The average molecular weight is 429 g/mol. The Morgan fingerprint density at radius 2 is 1.23 bits per heavy atom. The summed E-state index contributed by atoms with van der Waals surface area (Å²) in [4.78, 5) is 0. The molecule has 0 N–H and O–H groups in total.